The first-order chi connectivity index (χ1) is 17.0. The Balaban J connectivity index is 1.97. The number of unbranched alkanes of at least 4 members (excludes halogenated alkanes) is 2. The van der Waals surface area contributed by atoms with Gasteiger partial charge in [-0.1, -0.05) is 61.2 Å². The molecule has 196 valence electrons. The Morgan fingerprint density at radius 1 is 1.19 bits per heavy atom. The van der Waals surface area contributed by atoms with Crippen molar-refractivity contribution in [1.29, 1.82) is 0 Å². The highest BCUT2D eigenvalue weighted by Crippen LogP contribution is 2.42. The molecule has 0 aromatic heterocycles. The minimum absolute atomic E-state index is 0.00836. The molecule has 0 fully saturated rings. The summed E-state index contributed by atoms with van der Waals surface area (Å²) in [6.07, 6.45) is 4.97. The van der Waals surface area contributed by atoms with Gasteiger partial charge in [0.05, 0.1) is 22.0 Å². The molecule has 5 nitrogen and oxygen atoms in total. The molecule has 2 N–H and O–H groups in total. The van der Waals surface area contributed by atoms with E-state index in [4.69, 9.17) is 16.7 Å². The van der Waals surface area contributed by atoms with Crippen LogP contribution in [0.5, 0.6) is 0 Å². The van der Waals surface area contributed by atoms with Gasteiger partial charge in [0.15, 0.2) is 0 Å². The molecule has 0 saturated carbocycles. The van der Waals surface area contributed by atoms with Gasteiger partial charge in [-0.15, -0.1) is 0 Å². The quantitative estimate of drug-likeness (QED) is 0.330. The van der Waals surface area contributed by atoms with E-state index in [-0.39, 0.29) is 16.8 Å². The number of halogens is 2. The number of nitrogens with one attached hydrogen (secondary N) is 1. The number of amides is 1. The van der Waals surface area contributed by atoms with Gasteiger partial charge >= 0.3 is 0 Å². The maximum absolute atomic E-state index is 14.0. The lowest BCUT2D eigenvalue weighted by Gasteiger charge is -2.38. The van der Waals surface area contributed by atoms with Crippen LogP contribution in [-0.2, 0) is 4.79 Å². The molecule has 0 spiro atoms. The van der Waals surface area contributed by atoms with Gasteiger partial charge in [-0.2, -0.15) is 5.10 Å². The predicted molar refractivity (Wildman–Crippen MR) is 146 cm³/mol. The summed E-state index contributed by atoms with van der Waals surface area (Å²) in [7, 11) is 0. The zero-order chi connectivity index (χ0) is 26.5. The smallest absolute Gasteiger partial charge is 0.248 e. The number of hydrogen-bond acceptors (Lipinski definition) is 4. The third kappa shape index (κ3) is 6.46. The highest BCUT2D eigenvalue weighted by atomic mass is 35.5. The minimum Gasteiger partial charge on any atom is -0.390 e. The molecule has 36 heavy (non-hydrogen) atoms. The van der Waals surface area contributed by atoms with Gasteiger partial charge in [-0.05, 0) is 77.1 Å². The average molecular weight is 516 g/mol. The number of hydrazone groups is 1. The van der Waals surface area contributed by atoms with Crippen molar-refractivity contribution in [3.8, 4) is 0 Å². The number of benzene rings is 2. The number of carbonyl (C=O) groups is 1. The number of anilines is 1. The summed E-state index contributed by atoms with van der Waals surface area (Å²) in [5.41, 5.74) is 1.81. The van der Waals surface area contributed by atoms with Crippen molar-refractivity contribution in [3.05, 3.63) is 64.4 Å². The van der Waals surface area contributed by atoms with Crippen LogP contribution < -0.4 is 10.3 Å². The topological polar surface area (TPSA) is 64.9 Å². The van der Waals surface area contributed by atoms with Crippen LogP contribution in [0.2, 0.25) is 5.02 Å². The summed E-state index contributed by atoms with van der Waals surface area (Å²) in [5.74, 6) is -0.804. The molecule has 0 radical (unpaired) electrons. The maximum Gasteiger partial charge on any atom is 0.248 e. The summed E-state index contributed by atoms with van der Waals surface area (Å²) in [5, 5.41) is 19.8. The summed E-state index contributed by atoms with van der Waals surface area (Å²) < 4.78 is 14.0. The fourth-order valence-corrected chi connectivity index (χ4v) is 4.94. The van der Waals surface area contributed by atoms with E-state index < -0.39 is 17.0 Å². The monoisotopic (exact) mass is 515 g/mol. The highest BCUT2D eigenvalue weighted by molar-refractivity contribution is 6.31. The van der Waals surface area contributed by atoms with Crippen molar-refractivity contribution in [1.82, 2.24) is 5.32 Å². The average Bonchev–Trinajstić information content (AvgIpc) is 3.12. The van der Waals surface area contributed by atoms with E-state index in [1.54, 1.807) is 24.9 Å². The van der Waals surface area contributed by atoms with E-state index >= 15 is 0 Å². The molecule has 1 aliphatic heterocycles. The fraction of sp³-hybridized carbons (Fsp3) is 0.517. The molecule has 0 saturated heterocycles. The third-order valence-corrected chi connectivity index (χ3v) is 7.25. The Morgan fingerprint density at radius 2 is 1.89 bits per heavy atom. The first-order valence-electron chi connectivity index (χ1n) is 12.9. The molecule has 7 heteroatoms. The largest absolute Gasteiger partial charge is 0.390 e. The lowest BCUT2D eigenvalue weighted by molar-refractivity contribution is -0.126. The van der Waals surface area contributed by atoms with Crippen LogP contribution in [0.25, 0.3) is 0 Å². The van der Waals surface area contributed by atoms with Gasteiger partial charge in [-0.25, -0.2) is 9.40 Å². The normalized spacial score (nSPS) is 19.9. The van der Waals surface area contributed by atoms with E-state index in [1.807, 2.05) is 38.1 Å². The summed E-state index contributed by atoms with van der Waals surface area (Å²) in [6, 6.07) is 12.6. The van der Waals surface area contributed by atoms with Gasteiger partial charge in [-0.3, -0.25) is 4.79 Å². The molecule has 2 aromatic rings. The van der Waals surface area contributed by atoms with Crippen molar-refractivity contribution < 1.29 is 14.3 Å². The Kier molecular flexibility index (Phi) is 9.18. The van der Waals surface area contributed by atoms with Crippen LogP contribution in [0.3, 0.4) is 0 Å². The second-order valence-corrected chi connectivity index (χ2v) is 11.0. The number of aryl methyl sites for hydroxylation is 1. The van der Waals surface area contributed by atoms with Crippen LogP contribution >= 0.6 is 11.6 Å². The van der Waals surface area contributed by atoms with Crippen molar-refractivity contribution in [2.24, 2.45) is 11.0 Å². The number of rotatable bonds is 11. The molecule has 2 atom stereocenters. The number of nitrogens with zero attached hydrogens (tertiary/aromatic N) is 2. The van der Waals surface area contributed by atoms with Crippen LogP contribution in [-0.4, -0.2) is 34.4 Å². The van der Waals surface area contributed by atoms with Gasteiger partial charge in [0.1, 0.15) is 11.4 Å². The van der Waals surface area contributed by atoms with Gasteiger partial charge in [0.25, 0.3) is 0 Å². The second kappa shape index (κ2) is 11.7. The molecule has 0 bridgehead atoms. The SMILES string of the molecule is CCCCC1C(c2ccc(C)cc2)=NN(c2ccc(F)c(Cl)c2)C1(C)C(=O)NCCCCC(C)(C)O. The van der Waals surface area contributed by atoms with Crippen LogP contribution in [0, 0.1) is 18.7 Å². The Labute approximate surface area is 219 Å². The number of aliphatic hydroxyl groups is 1. The van der Waals surface area contributed by atoms with Crippen LogP contribution in [0.15, 0.2) is 47.6 Å². The molecule has 1 heterocycles. The standard InChI is InChI=1S/C29H39ClFN3O2/c1-6-7-10-23-26(21-13-11-20(2)12-14-21)33-34(22-15-16-25(31)24(30)19-22)29(23,5)27(35)32-18-9-8-17-28(3,4)36/h11-16,19,23,36H,6-10,17-18H2,1-5H3,(H,32,35). The summed E-state index contributed by atoms with van der Waals surface area (Å²) in [4.78, 5) is 13.9. The van der Waals surface area contributed by atoms with E-state index in [0.717, 1.165) is 48.9 Å². The lowest BCUT2D eigenvalue weighted by atomic mass is 9.76. The number of carbonyl (C=O) groups excluding carboxylic acids is 1. The van der Waals surface area contributed by atoms with Crippen molar-refractivity contribution >= 4 is 28.9 Å². The molecule has 1 amide bonds. The number of hydrogen-bond donors (Lipinski definition) is 2. The van der Waals surface area contributed by atoms with Crippen molar-refractivity contribution in [2.75, 3.05) is 11.6 Å². The van der Waals surface area contributed by atoms with E-state index in [1.165, 1.54) is 12.1 Å². The van der Waals surface area contributed by atoms with Crippen molar-refractivity contribution in [2.45, 2.75) is 84.3 Å². The van der Waals surface area contributed by atoms with Gasteiger partial charge < -0.3 is 10.4 Å². The van der Waals surface area contributed by atoms with Crippen molar-refractivity contribution in [3.63, 3.8) is 0 Å². The Hall–Kier alpha value is -2.44. The van der Waals surface area contributed by atoms with E-state index in [0.29, 0.717) is 18.7 Å². The van der Waals surface area contributed by atoms with Gasteiger partial charge in [0.2, 0.25) is 5.91 Å². The Bertz CT molecular complexity index is 1080. The van der Waals surface area contributed by atoms with Crippen LogP contribution in [0.4, 0.5) is 10.1 Å². The molecule has 0 aliphatic carbocycles. The lowest BCUT2D eigenvalue weighted by Crippen LogP contribution is -2.58. The molecule has 1 aliphatic rings. The van der Waals surface area contributed by atoms with Crippen LogP contribution in [0.1, 0.15) is 77.3 Å². The van der Waals surface area contributed by atoms with E-state index in [2.05, 4.69) is 12.2 Å². The second-order valence-electron chi connectivity index (χ2n) is 10.6. The summed E-state index contributed by atoms with van der Waals surface area (Å²) >= 11 is 6.14. The van der Waals surface area contributed by atoms with E-state index in [9.17, 15) is 14.3 Å². The third-order valence-electron chi connectivity index (χ3n) is 6.96. The molecule has 2 aromatic carbocycles. The minimum atomic E-state index is -1.02. The molecule has 3 rings (SSSR count). The summed E-state index contributed by atoms with van der Waals surface area (Å²) in [6.45, 7) is 10.2. The Morgan fingerprint density at radius 3 is 2.50 bits per heavy atom. The molecular weight excluding hydrogens is 477 g/mol. The first-order valence-corrected chi connectivity index (χ1v) is 13.3. The fourth-order valence-electron chi connectivity index (χ4n) is 4.77. The first kappa shape index (κ1) is 28.1. The molecule has 2 unspecified atom stereocenters. The zero-order valence-corrected chi connectivity index (χ0v) is 22.8. The molecular formula is C29H39ClFN3O2. The zero-order valence-electron chi connectivity index (χ0n) is 22.1. The predicted octanol–water partition coefficient (Wildman–Crippen LogP) is 6.63. The maximum atomic E-state index is 14.0. The highest BCUT2D eigenvalue weighted by Gasteiger charge is 2.53. The van der Waals surface area contributed by atoms with Gasteiger partial charge in [0, 0.05) is 12.5 Å².